The summed E-state index contributed by atoms with van der Waals surface area (Å²) in [5.41, 5.74) is 2.54. The van der Waals surface area contributed by atoms with E-state index < -0.39 is 6.04 Å². The van der Waals surface area contributed by atoms with Crippen LogP contribution in [0.25, 0.3) is 10.9 Å². The largest absolute Gasteiger partial charge is 0.351 e. The average molecular weight is 349 g/mol. The highest BCUT2D eigenvalue weighted by molar-refractivity contribution is 6.08. The third-order valence-electron chi connectivity index (χ3n) is 4.41. The first-order valence-corrected chi connectivity index (χ1v) is 8.15. The Morgan fingerprint density at radius 2 is 2.19 bits per heavy atom. The molecule has 0 saturated heterocycles. The molecule has 1 aromatic carbocycles. The van der Waals surface area contributed by atoms with E-state index in [1.54, 1.807) is 42.7 Å². The molecule has 0 spiro atoms. The molecule has 1 aliphatic rings. The zero-order valence-electron chi connectivity index (χ0n) is 13.7. The lowest BCUT2D eigenvalue weighted by Gasteiger charge is -2.07. The molecule has 0 aliphatic carbocycles. The van der Waals surface area contributed by atoms with Crippen molar-refractivity contribution in [3.8, 4) is 0 Å². The van der Waals surface area contributed by atoms with E-state index in [9.17, 15) is 14.5 Å². The van der Waals surface area contributed by atoms with Gasteiger partial charge in [0.2, 0.25) is 0 Å². The molecule has 130 valence electrons. The number of amides is 2. The van der Waals surface area contributed by atoms with Crippen LogP contribution in [0.2, 0.25) is 0 Å². The van der Waals surface area contributed by atoms with Crippen LogP contribution in [-0.2, 0) is 0 Å². The number of carbonyl (C=O) groups excluding carboxylic acids is 2. The first-order valence-electron chi connectivity index (χ1n) is 8.15. The second kappa shape index (κ2) is 6.40. The van der Waals surface area contributed by atoms with Gasteiger partial charge in [0.05, 0.1) is 11.9 Å². The molecule has 4 rings (SSSR count). The third kappa shape index (κ3) is 2.71. The van der Waals surface area contributed by atoms with Gasteiger partial charge in [0, 0.05) is 34.8 Å². The Hall–Kier alpha value is -3.55. The lowest BCUT2D eigenvalue weighted by molar-refractivity contribution is 0.0951. The normalized spacial score (nSPS) is 16.5. The number of nitroso groups, excluding NO2 is 1. The summed E-state index contributed by atoms with van der Waals surface area (Å²) < 4.78 is 0. The summed E-state index contributed by atoms with van der Waals surface area (Å²) in [6.45, 7) is 0.375. The monoisotopic (exact) mass is 349 g/mol. The van der Waals surface area contributed by atoms with Crippen molar-refractivity contribution in [3.63, 3.8) is 0 Å². The Morgan fingerprint density at radius 1 is 1.31 bits per heavy atom. The minimum Gasteiger partial charge on any atom is -0.351 e. The molecule has 8 heteroatoms. The van der Waals surface area contributed by atoms with Crippen molar-refractivity contribution in [2.45, 2.75) is 12.5 Å². The topological polar surface area (TPSA) is 116 Å². The van der Waals surface area contributed by atoms with Gasteiger partial charge in [-0.2, -0.15) is 4.91 Å². The lowest BCUT2D eigenvalue weighted by atomic mass is 10.00. The van der Waals surface area contributed by atoms with Gasteiger partial charge in [-0.25, -0.2) is 0 Å². The summed E-state index contributed by atoms with van der Waals surface area (Å²) in [7, 11) is 0. The Kier molecular flexibility index (Phi) is 3.92. The van der Waals surface area contributed by atoms with Crippen molar-refractivity contribution in [2.24, 2.45) is 5.18 Å². The fraction of sp³-hybridized carbons (Fsp3) is 0.167. The highest BCUT2D eigenvalue weighted by Gasteiger charge is 2.28. The zero-order valence-corrected chi connectivity index (χ0v) is 13.7. The number of carbonyl (C=O) groups is 2. The van der Waals surface area contributed by atoms with E-state index in [2.05, 4.69) is 25.8 Å². The standard InChI is InChI=1S/C18H15N5O3/c24-17(21-11-2-1-6-19-9-11)10-3-4-13-12(8-10)15-14(23-26)5-7-20-18(25)16(15)22-13/h1-4,6,8-9,14,22H,5,7H2,(H,20,25)(H,21,24). The van der Waals surface area contributed by atoms with E-state index >= 15 is 0 Å². The van der Waals surface area contributed by atoms with Gasteiger partial charge in [-0.3, -0.25) is 14.6 Å². The summed E-state index contributed by atoms with van der Waals surface area (Å²) in [6.07, 6.45) is 3.59. The molecule has 0 fully saturated rings. The lowest BCUT2D eigenvalue weighted by Crippen LogP contribution is -2.22. The van der Waals surface area contributed by atoms with Crippen LogP contribution >= 0.6 is 0 Å². The quantitative estimate of drug-likeness (QED) is 0.630. The van der Waals surface area contributed by atoms with Crippen LogP contribution in [0.5, 0.6) is 0 Å². The molecule has 0 radical (unpaired) electrons. The fourth-order valence-electron chi connectivity index (χ4n) is 3.18. The van der Waals surface area contributed by atoms with Crippen molar-refractivity contribution >= 4 is 28.4 Å². The maximum atomic E-state index is 12.5. The number of anilines is 1. The van der Waals surface area contributed by atoms with Gasteiger partial charge < -0.3 is 15.6 Å². The van der Waals surface area contributed by atoms with Crippen LogP contribution in [0.3, 0.4) is 0 Å². The summed E-state index contributed by atoms with van der Waals surface area (Å²) in [4.78, 5) is 43.0. The SMILES string of the molecule is O=NC1CCNC(=O)c2[nH]c3ccc(C(=O)Nc4cccnc4)cc3c21. The highest BCUT2D eigenvalue weighted by Crippen LogP contribution is 2.34. The van der Waals surface area contributed by atoms with Gasteiger partial charge >= 0.3 is 0 Å². The predicted molar refractivity (Wildman–Crippen MR) is 96.0 cm³/mol. The minimum atomic E-state index is -0.644. The summed E-state index contributed by atoms with van der Waals surface area (Å²) >= 11 is 0. The number of pyridine rings is 1. The number of nitrogens with one attached hydrogen (secondary N) is 3. The van der Waals surface area contributed by atoms with Gasteiger partial charge in [-0.15, -0.1) is 0 Å². The third-order valence-corrected chi connectivity index (χ3v) is 4.41. The molecule has 1 unspecified atom stereocenters. The first kappa shape index (κ1) is 15.9. The summed E-state index contributed by atoms with van der Waals surface area (Å²) in [6, 6.07) is 7.87. The zero-order chi connectivity index (χ0) is 18.1. The number of hydrogen-bond donors (Lipinski definition) is 3. The molecule has 8 nitrogen and oxygen atoms in total. The second-order valence-electron chi connectivity index (χ2n) is 6.04. The van der Waals surface area contributed by atoms with E-state index in [1.807, 2.05) is 0 Å². The maximum absolute atomic E-state index is 12.5. The molecule has 3 aromatic rings. The molecule has 1 atom stereocenters. The summed E-state index contributed by atoms with van der Waals surface area (Å²) in [5.74, 6) is -0.577. The van der Waals surface area contributed by atoms with Gasteiger partial charge in [0.25, 0.3) is 11.8 Å². The Balaban J connectivity index is 1.77. The Labute approximate surface area is 148 Å². The Bertz CT molecular complexity index is 1010. The molecule has 3 N–H and O–H groups in total. The molecule has 0 bridgehead atoms. The molecule has 1 aliphatic heterocycles. The fourth-order valence-corrected chi connectivity index (χ4v) is 3.18. The minimum absolute atomic E-state index is 0.274. The molecule has 3 heterocycles. The van der Waals surface area contributed by atoms with Crippen LogP contribution in [-0.4, -0.2) is 28.3 Å². The van der Waals surface area contributed by atoms with E-state index in [-0.39, 0.29) is 11.8 Å². The van der Waals surface area contributed by atoms with Gasteiger partial charge in [0.1, 0.15) is 11.7 Å². The molecule has 26 heavy (non-hydrogen) atoms. The number of aromatic amines is 1. The molecule has 2 amide bonds. The van der Waals surface area contributed by atoms with Crippen LogP contribution in [0, 0.1) is 4.91 Å². The molecular formula is C18H15N5O3. The second-order valence-corrected chi connectivity index (χ2v) is 6.04. The first-order chi connectivity index (χ1) is 12.7. The Morgan fingerprint density at radius 3 is 2.96 bits per heavy atom. The van der Waals surface area contributed by atoms with Crippen LogP contribution in [0.15, 0.2) is 47.9 Å². The summed E-state index contributed by atoms with van der Waals surface area (Å²) in [5, 5.41) is 9.34. The number of H-pyrrole nitrogens is 1. The number of nitrogens with zero attached hydrogens (tertiary/aromatic N) is 2. The van der Waals surface area contributed by atoms with E-state index in [0.717, 1.165) is 0 Å². The maximum Gasteiger partial charge on any atom is 0.268 e. The molecule has 2 aromatic heterocycles. The predicted octanol–water partition coefficient (Wildman–Crippen LogP) is 2.76. The van der Waals surface area contributed by atoms with E-state index in [4.69, 9.17) is 0 Å². The van der Waals surface area contributed by atoms with Crippen molar-refractivity contribution in [2.75, 3.05) is 11.9 Å². The number of rotatable bonds is 3. The van der Waals surface area contributed by atoms with Crippen molar-refractivity contribution in [3.05, 3.63) is 64.5 Å². The van der Waals surface area contributed by atoms with Gasteiger partial charge in [-0.05, 0) is 36.8 Å². The highest BCUT2D eigenvalue weighted by atomic mass is 16.3. The number of benzene rings is 1. The smallest absolute Gasteiger partial charge is 0.268 e. The average Bonchev–Trinajstić information content (AvgIpc) is 2.97. The number of aromatic nitrogens is 2. The number of hydrogen-bond acceptors (Lipinski definition) is 5. The molecule has 0 saturated carbocycles. The van der Waals surface area contributed by atoms with E-state index in [0.29, 0.717) is 46.4 Å². The van der Waals surface area contributed by atoms with Crippen molar-refractivity contribution in [1.29, 1.82) is 0 Å². The van der Waals surface area contributed by atoms with E-state index in [1.165, 1.54) is 0 Å². The molecular weight excluding hydrogens is 334 g/mol. The van der Waals surface area contributed by atoms with Gasteiger partial charge in [0.15, 0.2) is 0 Å². The number of fused-ring (bicyclic) bond motifs is 3. The van der Waals surface area contributed by atoms with Crippen molar-refractivity contribution < 1.29 is 9.59 Å². The van der Waals surface area contributed by atoms with Crippen LogP contribution < -0.4 is 10.6 Å². The van der Waals surface area contributed by atoms with Crippen LogP contribution in [0.1, 0.15) is 38.9 Å². The van der Waals surface area contributed by atoms with Crippen molar-refractivity contribution in [1.82, 2.24) is 15.3 Å². The van der Waals surface area contributed by atoms with Crippen LogP contribution in [0.4, 0.5) is 5.69 Å². The van der Waals surface area contributed by atoms with Gasteiger partial charge in [-0.1, -0.05) is 5.18 Å².